The van der Waals surface area contributed by atoms with E-state index in [4.69, 9.17) is 9.88 Å². The summed E-state index contributed by atoms with van der Waals surface area (Å²) in [5.74, 6) is 0.675. The van der Waals surface area contributed by atoms with Crippen molar-refractivity contribution in [2.24, 2.45) is 5.14 Å². The fourth-order valence-electron chi connectivity index (χ4n) is 2.67. The second kappa shape index (κ2) is 7.37. The molecule has 25 heavy (non-hydrogen) atoms. The van der Waals surface area contributed by atoms with Crippen LogP contribution in [0.2, 0.25) is 0 Å². The van der Waals surface area contributed by atoms with Gasteiger partial charge in [0.15, 0.2) is 0 Å². The molecule has 0 spiro atoms. The second-order valence-corrected chi connectivity index (χ2v) is 7.43. The van der Waals surface area contributed by atoms with E-state index in [9.17, 15) is 13.5 Å². The Morgan fingerprint density at radius 3 is 2.56 bits per heavy atom. The Labute approximate surface area is 147 Å². The minimum atomic E-state index is -3.65. The van der Waals surface area contributed by atoms with Crippen molar-refractivity contribution in [2.45, 2.75) is 17.4 Å². The smallest absolute Gasteiger partial charge is 0.238 e. The molecule has 0 fully saturated rings. The predicted molar refractivity (Wildman–Crippen MR) is 94.5 cm³/mol. The number of nitrogens with two attached hydrogens (primary N) is 1. The third-order valence-corrected chi connectivity index (χ3v) is 5.00. The third kappa shape index (κ3) is 4.26. The molecule has 2 aromatic carbocycles. The topological polar surface area (TPSA) is 102 Å². The van der Waals surface area contributed by atoms with Gasteiger partial charge in [0, 0.05) is 17.7 Å². The lowest BCUT2D eigenvalue weighted by Gasteiger charge is -2.23. The Bertz CT molecular complexity index is 876. The summed E-state index contributed by atoms with van der Waals surface area (Å²) < 4.78 is 28.0. The van der Waals surface area contributed by atoms with Crippen LogP contribution in [0.1, 0.15) is 17.2 Å². The van der Waals surface area contributed by atoms with Gasteiger partial charge in [-0.25, -0.2) is 13.6 Å². The van der Waals surface area contributed by atoms with Crippen molar-refractivity contribution in [1.82, 2.24) is 5.32 Å². The van der Waals surface area contributed by atoms with Crippen molar-refractivity contribution >= 4 is 10.0 Å². The van der Waals surface area contributed by atoms with Gasteiger partial charge in [-0.1, -0.05) is 30.3 Å². The first-order valence-electron chi connectivity index (χ1n) is 7.90. The highest BCUT2D eigenvalue weighted by Gasteiger charge is 2.21. The van der Waals surface area contributed by atoms with Gasteiger partial charge in [-0.05, 0) is 36.7 Å². The van der Waals surface area contributed by atoms with Gasteiger partial charge in [-0.2, -0.15) is 0 Å². The van der Waals surface area contributed by atoms with E-state index in [1.807, 2.05) is 24.3 Å². The van der Waals surface area contributed by atoms with Gasteiger partial charge < -0.3 is 15.2 Å². The Hall–Kier alpha value is -2.19. The number of primary sulfonamides is 1. The van der Waals surface area contributed by atoms with Gasteiger partial charge in [0.05, 0.1) is 11.2 Å². The lowest BCUT2D eigenvalue weighted by atomic mass is 10.00. The molecule has 132 valence electrons. The maximum atomic E-state index is 11.2. The Balaban J connectivity index is 1.50. The first kappa shape index (κ1) is 17.6. The Kier molecular flexibility index (Phi) is 5.19. The Morgan fingerprint density at radius 1 is 1.12 bits per heavy atom. The van der Waals surface area contributed by atoms with E-state index in [0.29, 0.717) is 18.8 Å². The molecule has 0 bridgehead atoms. The van der Waals surface area contributed by atoms with E-state index < -0.39 is 16.1 Å². The molecule has 1 heterocycles. The standard InChI is InChI=1S/C18H20N2O4S/c19-25(22,23)15-7-5-13(6-8-15)9-10-20-11-14-12-24-17-4-2-1-3-16(17)18(14)21/h1-8,12,18,20-21H,9-11H2,(H2,19,22,23). The minimum Gasteiger partial charge on any atom is -0.464 e. The van der Waals surface area contributed by atoms with Crippen LogP contribution in [0.25, 0.3) is 0 Å². The SMILES string of the molecule is NS(=O)(=O)c1ccc(CCNCC2=COc3ccccc3C2O)cc1. The average Bonchev–Trinajstić information content (AvgIpc) is 2.60. The quantitative estimate of drug-likeness (QED) is 0.677. The lowest BCUT2D eigenvalue weighted by Crippen LogP contribution is -2.24. The molecule has 0 aliphatic carbocycles. The van der Waals surface area contributed by atoms with Crippen LogP contribution in [0.3, 0.4) is 0 Å². The first-order valence-corrected chi connectivity index (χ1v) is 9.45. The summed E-state index contributed by atoms with van der Waals surface area (Å²) in [6, 6.07) is 13.9. The zero-order chi connectivity index (χ0) is 17.9. The van der Waals surface area contributed by atoms with Gasteiger partial charge >= 0.3 is 0 Å². The fraction of sp³-hybridized carbons (Fsp3) is 0.222. The predicted octanol–water partition coefficient (Wildman–Crippen LogP) is 1.48. The van der Waals surface area contributed by atoms with E-state index in [-0.39, 0.29) is 4.90 Å². The van der Waals surface area contributed by atoms with Crippen molar-refractivity contribution in [3.05, 3.63) is 71.5 Å². The van der Waals surface area contributed by atoms with Crippen LogP contribution in [0, 0.1) is 0 Å². The number of hydrogen-bond donors (Lipinski definition) is 3. The zero-order valence-electron chi connectivity index (χ0n) is 13.6. The Morgan fingerprint density at radius 2 is 1.84 bits per heavy atom. The molecule has 0 aromatic heterocycles. The van der Waals surface area contributed by atoms with Crippen molar-refractivity contribution in [3.8, 4) is 5.75 Å². The van der Waals surface area contributed by atoms with Crippen molar-refractivity contribution in [3.63, 3.8) is 0 Å². The van der Waals surface area contributed by atoms with Crippen molar-refractivity contribution < 1.29 is 18.3 Å². The van der Waals surface area contributed by atoms with Crippen LogP contribution < -0.4 is 15.2 Å². The zero-order valence-corrected chi connectivity index (χ0v) is 14.4. The number of para-hydroxylation sites is 1. The van der Waals surface area contributed by atoms with E-state index in [1.54, 1.807) is 18.4 Å². The molecule has 4 N–H and O–H groups in total. The van der Waals surface area contributed by atoms with E-state index in [2.05, 4.69) is 5.32 Å². The molecule has 0 radical (unpaired) electrons. The first-order chi connectivity index (χ1) is 11.9. The van der Waals surface area contributed by atoms with Crippen LogP contribution >= 0.6 is 0 Å². The molecule has 1 aliphatic rings. The number of aliphatic hydroxyl groups excluding tert-OH is 1. The minimum absolute atomic E-state index is 0.107. The third-order valence-electron chi connectivity index (χ3n) is 4.07. The maximum Gasteiger partial charge on any atom is 0.238 e. The molecular weight excluding hydrogens is 340 g/mol. The molecule has 7 heteroatoms. The van der Waals surface area contributed by atoms with Crippen LogP contribution in [0.5, 0.6) is 5.75 Å². The maximum absolute atomic E-state index is 11.2. The number of fused-ring (bicyclic) bond motifs is 1. The molecule has 0 saturated heterocycles. The largest absolute Gasteiger partial charge is 0.464 e. The number of nitrogens with one attached hydrogen (secondary N) is 1. The average molecular weight is 360 g/mol. The molecule has 1 unspecified atom stereocenters. The molecule has 6 nitrogen and oxygen atoms in total. The van der Waals surface area contributed by atoms with Crippen LogP contribution in [0.15, 0.2) is 65.3 Å². The summed E-state index contributed by atoms with van der Waals surface area (Å²) >= 11 is 0. The summed E-state index contributed by atoms with van der Waals surface area (Å²) in [5.41, 5.74) is 2.53. The highest BCUT2D eigenvalue weighted by molar-refractivity contribution is 7.89. The molecule has 1 atom stereocenters. The number of aliphatic hydroxyl groups is 1. The molecule has 0 saturated carbocycles. The molecular formula is C18H20N2O4S. The van der Waals surface area contributed by atoms with Gasteiger partial charge in [0.2, 0.25) is 10.0 Å². The van der Waals surface area contributed by atoms with Crippen molar-refractivity contribution in [2.75, 3.05) is 13.1 Å². The lowest BCUT2D eigenvalue weighted by molar-refractivity contribution is 0.195. The van der Waals surface area contributed by atoms with Gasteiger partial charge in [0.1, 0.15) is 11.9 Å². The summed E-state index contributed by atoms with van der Waals surface area (Å²) in [5, 5.41) is 18.7. The fourth-order valence-corrected chi connectivity index (χ4v) is 3.18. The number of rotatable bonds is 6. The van der Waals surface area contributed by atoms with Crippen LogP contribution in [0.4, 0.5) is 0 Å². The van der Waals surface area contributed by atoms with E-state index in [1.165, 1.54) is 12.1 Å². The molecule has 2 aromatic rings. The summed E-state index contributed by atoms with van der Waals surface area (Å²) in [6.07, 6.45) is 1.64. The molecule has 1 aliphatic heterocycles. The second-order valence-electron chi connectivity index (χ2n) is 5.87. The monoisotopic (exact) mass is 360 g/mol. The molecule has 0 amide bonds. The molecule has 3 rings (SSSR count). The highest BCUT2D eigenvalue weighted by Crippen LogP contribution is 2.33. The van der Waals surface area contributed by atoms with Gasteiger partial charge in [-0.3, -0.25) is 0 Å². The number of ether oxygens (including phenoxy) is 1. The van der Waals surface area contributed by atoms with Gasteiger partial charge in [-0.15, -0.1) is 0 Å². The van der Waals surface area contributed by atoms with Gasteiger partial charge in [0.25, 0.3) is 0 Å². The van der Waals surface area contributed by atoms with Crippen molar-refractivity contribution in [1.29, 1.82) is 0 Å². The summed E-state index contributed by atoms with van der Waals surface area (Å²) in [7, 11) is -3.65. The summed E-state index contributed by atoms with van der Waals surface area (Å²) in [6.45, 7) is 1.19. The van der Waals surface area contributed by atoms with E-state index >= 15 is 0 Å². The van der Waals surface area contributed by atoms with Crippen LogP contribution in [-0.4, -0.2) is 26.6 Å². The number of benzene rings is 2. The number of sulfonamides is 1. The number of hydrogen-bond acceptors (Lipinski definition) is 5. The van der Waals surface area contributed by atoms with E-state index in [0.717, 1.165) is 23.1 Å². The van der Waals surface area contributed by atoms with Crippen LogP contribution in [-0.2, 0) is 16.4 Å². The summed E-state index contributed by atoms with van der Waals surface area (Å²) in [4.78, 5) is 0.107. The normalized spacial score (nSPS) is 16.7. The highest BCUT2D eigenvalue weighted by atomic mass is 32.2.